The van der Waals surface area contributed by atoms with E-state index < -0.39 is 0 Å². The number of carbonyl (C=O) groups excluding carboxylic acids is 1. The molecule has 2 aromatic rings. The molecule has 22 heavy (non-hydrogen) atoms. The highest BCUT2D eigenvalue weighted by Crippen LogP contribution is 2.25. The van der Waals surface area contributed by atoms with Gasteiger partial charge in [0.1, 0.15) is 0 Å². The van der Waals surface area contributed by atoms with Crippen LogP contribution < -0.4 is 16.0 Å². The maximum Gasteiger partial charge on any atom is 0.278 e. The van der Waals surface area contributed by atoms with Gasteiger partial charge in [-0.15, -0.1) is 0 Å². The number of aromatic nitrogens is 2. The van der Waals surface area contributed by atoms with Gasteiger partial charge in [-0.05, 0) is 17.5 Å². The van der Waals surface area contributed by atoms with Crippen molar-refractivity contribution in [1.82, 2.24) is 9.78 Å². The van der Waals surface area contributed by atoms with Crippen molar-refractivity contribution in [1.29, 1.82) is 0 Å². The Bertz CT molecular complexity index is 735. The second-order valence-electron chi connectivity index (χ2n) is 5.22. The fourth-order valence-electron chi connectivity index (χ4n) is 2.21. The fraction of sp³-hybridized carbons (Fsp3) is 0.312. The van der Waals surface area contributed by atoms with Gasteiger partial charge in [0.15, 0.2) is 5.75 Å². The van der Waals surface area contributed by atoms with Gasteiger partial charge in [0.25, 0.3) is 5.56 Å². The zero-order valence-electron chi connectivity index (χ0n) is 12.9. The van der Waals surface area contributed by atoms with Crippen LogP contribution in [0.3, 0.4) is 0 Å². The van der Waals surface area contributed by atoms with Gasteiger partial charge in [0.2, 0.25) is 5.91 Å². The third kappa shape index (κ3) is 3.16. The zero-order valence-corrected chi connectivity index (χ0v) is 12.9. The normalized spacial score (nSPS) is 12.0. The fourth-order valence-corrected chi connectivity index (χ4v) is 2.21. The Hall–Kier alpha value is -2.63. The number of nitrogens with zero attached hydrogens (tertiary/aromatic N) is 2. The van der Waals surface area contributed by atoms with Crippen LogP contribution in [0.5, 0.6) is 5.75 Å². The molecular formula is C16H19N3O3. The predicted octanol–water partition coefficient (Wildman–Crippen LogP) is 1.12. The first-order chi connectivity index (χ1) is 10.4. The monoisotopic (exact) mass is 301 g/mol. The molecule has 1 aromatic heterocycles. The lowest BCUT2D eigenvalue weighted by molar-refractivity contribution is -0.121. The molecule has 1 atom stereocenters. The van der Waals surface area contributed by atoms with E-state index in [0.29, 0.717) is 17.7 Å². The summed E-state index contributed by atoms with van der Waals surface area (Å²) in [6, 6.07) is 7.44. The standard InChI is InChI=1S/C16H19N3O3/c1-10(15(17)20)8-11-4-6-12(7-5-11)14-13(22-3)9-18-19(2)16(14)21/h4-7,9-10H,8H2,1-3H3,(H2,17,20)/t10-/m0/s1. The topological polar surface area (TPSA) is 87.2 Å². The molecule has 0 unspecified atom stereocenters. The predicted molar refractivity (Wildman–Crippen MR) is 83.5 cm³/mol. The van der Waals surface area contributed by atoms with Crippen molar-refractivity contribution in [3.63, 3.8) is 0 Å². The van der Waals surface area contributed by atoms with Crippen molar-refractivity contribution in [3.8, 4) is 16.9 Å². The lowest BCUT2D eigenvalue weighted by atomic mass is 9.98. The molecule has 1 aromatic carbocycles. The SMILES string of the molecule is COc1cnn(C)c(=O)c1-c1ccc(C[C@H](C)C(N)=O)cc1. The Labute approximate surface area is 128 Å². The lowest BCUT2D eigenvalue weighted by Gasteiger charge is -2.10. The van der Waals surface area contributed by atoms with E-state index in [-0.39, 0.29) is 17.4 Å². The van der Waals surface area contributed by atoms with Crippen LogP contribution in [0.4, 0.5) is 0 Å². The summed E-state index contributed by atoms with van der Waals surface area (Å²) < 4.78 is 6.49. The Balaban J connectivity index is 2.38. The van der Waals surface area contributed by atoms with Gasteiger partial charge < -0.3 is 10.5 Å². The van der Waals surface area contributed by atoms with Crippen molar-refractivity contribution >= 4 is 5.91 Å². The first-order valence-corrected chi connectivity index (χ1v) is 6.93. The van der Waals surface area contributed by atoms with Crippen LogP contribution in [-0.2, 0) is 18.3 Å². The number of amides is 1. The molecular weight excluding hydrogens is 282 g/mol. The first kappa shape index (κ1) is 15.8. The second-order valence-corrected chi connectivity index (χ2v) is 5.22. The number of aryl methyl sites for hydroxylation is 1. The lowest BCUT2D eigenvalue weighted by Crippen LogP contribution is -2.22. The van der Waals surface area contributed by atoms with Crippen molar-refractivity contribution in [2.75, 3.05) is 7.11 Å². The van der Waals surface area contributed by atoms with E-state index in [4.69, 9.17) is 10.5 Å². The molecule has 1 heterocycles. The average Bonchev–Trinajstić information content (AvgIpc) is 2.50. The molecule has 0 radical (unpaired) electrons. The molecule has 0 bridgehead atoms. The van der Waals surface area contributed by atoms with Crippen LogP contribution in [0, 0.1) is 5.92 Å². The number of methoxy groups -OCH3 is 1. The highest BCUT2D eigenvalue weighted by molar-refractivity contribution is 5.76. The van der Waals surface area contributed by atoms with Gasteiger partial charge in [-0.3, -0.25) is 9.59 Å². The van der Waals surface area contributed by atoms with Crippen LogP contribution in [0.15, 0.2) is 35.3 Å². The van der Waals surface area contributed by atoms with Gasteiger partial charge in [0, 0.05) is 13.0 Å². The van der Waals surface area contributed by atoms with Gasteiger partial charge >= 0.3 is 0 Å². The van der Waals surface area contributed by atoms with Gasteiger partial charge in [0.05, 0.1) is 18.9 Å². The average molecular weight is 301 g/mol. The number of primary amides is 1. The molecule has 0 aliphatic heterocycles. The third-order valence-corrected chi connectivity index (χ3v) is 3.59. The van der Waals surface area contributed by atoms with E-state index in [2.05, 4.69) is 5.10 Å². The van der Waals surface area contributed by atoms with Crippen LogP contribution >= 0.6 is 0 Å². The number of benzene rings is 1. The molecule has 6 heteroatoms. The molecule has 6 nitrogen and oxygen atoms in total. The highest BCUT2D eigenvalue weighted by Gasteiger charge is 2.14. The Morgan fingerprint density at radius 2 is 2.00 bits per heavy atom. The largest absolute Gasteiger partial charge is 0.494 e. The number of nitrogens with two attached hydrogens (primary N) is 1. The molecule has 0 fully saturated rings. The molecule has 0 aliphatic rings. The molecule has 0 spiro atoms. The van der Waals surface area contributed by atoms with Crippen molar-refractivity contribution in [2.24, 2.45) is 18.7 Å². The van der Waals surface area contributed by atoms with Crippen molar-refractivity contribution < 1.29 is 9.53 Å². The maximum atomic E-state index is 12.3. The van der Waals surface area contributed by atoms with Crippen LogP contribution in [0.1, 0.15) is 12.5 Å². The van der Waals surface area contributed by atoms with E-state index in [1.54, 1.807) is 14.0 Å². The Morgan fingerprint density at radius 3 is 2.55 bits per heavy atom. The number of rotatable bonds is 5. The van der Waals surface area contributed by atoms with E-state index in [1.807, 2.05) is 24.3 Å². The smallest absolute Gasteiger partial charge is 0.278 e. The summed E-state index contributed by atoms with van der Waals surface area (Å²) in [4.78, 5) is 23.4. The minimum Gasteiger partial charge on any atom is -0.494 e. The molecule has 2 N–H and O–H groups in total. The van der Waals surface area contributed by atoms with Crippen molar-refractivity contribution in [2.45, 2.75) is 13.3 Å². The summed E-state index contributed by atoms with van der Waals surface area (Å²) in [7, 11) is 3.09. The summed E-state index contributed by atoms with van der Waals surface area (Å²) in [5.41, 5.74) is 7.25. The zero-order chi connectivity index (χ0) is 16.3. The summed E-state index contributed by atoms with van der Waals surface area (Å²) in [5, 5.41) is 3.94. The molecule has 2 rings (SSSR count). The minimum atomic E-state index is -0.325. The Morgan fingerprint density at radius 1 is 1.36 bits per heavy atom. The number of hydrogen-bond donors (Lipinski definition) is 1. The van der Waals surface area contributed by atoms with E-state index in [9.17, 15) is 9.59 Å². The number of ether oxygens (including phenoxy) is 1. The maximum absolute atomic E-state index is 12.3. The number of carbonyl (C=O) groups is 1. The molecule has 0 aliphatic carbocycles. The summed E-state index contributed by atoms with van der Waals surface area (Å²) in [5.74, 6) is -0.121. The van der Waals surface area contributed by atoms with Gasteiger partial charge in [-0.1, -0.05) is 31.2 Å². The van der Waals surface area contributed by atoms with Crippen LogP contribution in [0.25, 0.3) is 11.1 Å². The highest BCUT2D eigenvalue weighted by atomic mass is 16.5. The van der Waals surface area contributed by atoms with E-state index in [0.717, 1.165) is 11.1 Å². The minimum absolute atomic E-state index is 0.224. The molecule has 1 amide bonds. The third-order valence-electron chi connectivity index (χ3n) is 3.59. The molecule has 116 valence electrons. The summed E-state index contributed by atoms with van der Waals surface area (Å²) in [6.45, 7) is 1.79. The number of hydrogen-bond acceptors (Lipinski definition) is 4. The van der Waals surface area contributed by atoms with Gasteiger partial charge in [-0.25, -0.2) is 4.68 Å². The Kier molecular flexibility index (Phi) is 4.60. The quantitative estimate of drug-likeness (QED) is 0.896. The van der Waals surface area contributed by atoms with E-state index in [1.165, 1.54) is 18.0 Å². The van der Waals surface area contributed by atoms with E-state index >= 15 is 0 Å². The molecule has 0 saturated heterocycles. The second kappa shape index (κ2) is 6.43. The van der Waals surface area contributed by atoms with Crippen LogP contribution in [-0.4, -0.2) is 22.8 Å². The first-order valence-electron chi connectivity index (χ1n) is 6.93. The summed E-state index contributed by atoms with van der Waals surface area (Å²) in [6.07, 6.45) is 2.08. The summed E-state index contributed by atoms with van der Waals surface area (Å²) >= 11 is 0. The van der Waals surface area contributed by atoms with Crippen molar-refractivity contribution in [3.05, 3.63) is 46.4 Å². The van der Waals surface area contributed by atoms with Crippen LogP contribution in [0.2, 0.25) is 0 Å². The van der Waals surface area contributed by atoms with Gasteiger partial charge in [-0.2, -0.15) is 5.10 Å². The molecule has 0 saturated carbocycles.